The van der Waals surface area contributed by atoms with E-state index in [1.54, 1.807) is 0 Å². The Labute approximate surface area is 112 Å². The van der Waals surface area contributed by atoms with Crippen LogP contribution < -0.4 is 5.32 Å². The van der Waals surface area contributed by atoms with Gasteiger partial charge in [0, 0.05) is 17.5 Å². The Morgan fingerprint density at radius 2 is 2.06 bits per heavy atom. The molecule has 1 unspecified atom stereocenters. The van der Waals surface area contributed by atoms with Gasteiger partial charge < -0.3 is 10.4 Å². The normalized spacial score (nSPS) is 20.2. The van der Waals surface area contributed by atoms with E-state index in [2.05, 4.69) is 11.4 Å². The zero-order chi connectivity index (χ0) is 12.5. The van der Waals surface area contributed by atoms with Crippen molar-refractivity contribution in [3.63, 3.8) is 0 Å². The number of halogens is 1. The number of aromatic hydroxyl groups is 1. The molecule has 18 heavy (non-hydrogen) atoms. The lowest BCUT2D eigenvalue weighted by atomic mass is 9.89. The minimum Gasteiger partial charge on any atom is -0.508 e. The van der Waals surface area contributed by atoms with Crippen LogP contribution in [0.1, 0.15) is 24.3 Å². The van der Waals surface area contributed by atoms with Crippen LogP contribution in [-0.4, -0.2) is 18.2 Å². The molecule has 1 heterocycles. The molecule has 1 aliphatic heterocycles. The van der Waals surface area contributed by atoms with Crippen LogP contribution in [0.5, 0.6) is 5.75 Å². The van der Waals surface area contributed by atoms with E-state index in [1.165, 1.54) is 0 Å². The minimum atomic E-state index is 0.401. The highest BCUT2D eigenvalue weighted by Gasteiger charge is 2.18. The number of phenolic OH excluding ortho intramolecular Hbond substituents is 1. The Bertz CT molecular complexity index is 576. The largest absolute Gasteiger partial charge is 0.508 e. The zero-order valence-corrected chi connectivity index (χ0v) is 10.9. The fraction of sp³-hybridized carbons (Fsp3) is 0.333. The summed E-state index contributed by atoms with van der Waals surface area (Å²) in [7, 11) is 0. The van der Waals surface area contributed by atoms with Gasteiger partial charge in [-0.05, 0) is 60.0 Å². The molecule has 2 nitrogen and oxygen atoms in total. The maximum absolute atomic E-state index is 10.2. The van der Waals surface area contributed by atoms with Crippen LogP contribution in [0.15, 0.2) is 30.3 Å². The lowest BCUT2D eigenvalue weighted by Crippen LogP contribution is -2.28. The van der Waals surface area contributed by atoms with Crippen LogP contribution in [0.2, 0.25) is 5.02 Å². The summed E-state index contributed by atoms with van der Waals surface area (Å²) in [5.74, 6) is 0.806. The van der Waals surface area contributed by atoms with Crippen molar-refractivity contribution in [1.82, 2.24) is 5.32 Å². The molecule has 0 aromatic heterocycles. The molecule has 0 bridgehead atoms. The molecule has 2 aromatic carbocycles. The molecule has 1 saturated heterocycles. The van der Waals surface area contributed by atoms with Crippen molar-refractivity contribution in [1.29, 1.82) is 0 Å². The Morgan fingerprint density at radius 1 is 1.17 bits per heavy atom. The quantitative estimate of drug-likeness (QED) is 0.821. The van der Waals surface area contributed by atoms with E-state index in [9.17, 15) is 5.11 Å². The van der Waals surface area contributed by atoms with E-state index < -0.39 is 0 Å². The van der Waals surface area contributed by atoms with Gasteiger partial charge in [-0.1, -0.05) is 17.7 Å². The van der Waals surface area contributed by atoms with Crippen molar-refractivity contribution in [3.05, 3.63) is 40.9 Å². The summed E-state index contributed by atoms with van der Waals surface area (Å²) in [6.45, 7) is 2.02. The Hall–Kier alpha value is -1.25. The number of nitrogens with one attached hydrogen (secondary N) is 1. The highest BCUT2D eigenvalue weighted by Crippen LogP contribution is 2.34. The summed E-state index contributed by atoms with van der Waals surface area (Å²) in [5.41, 5.74) is 1.04. The third-order valence-electron chi connectivity index (χ3n) is 3.68. The Kier molecular flexibility index (Phi) is 3.14. The summed E-state index contributed by atoms with van der Waals surface area (Å²) < 4.78 is 0. The standard InChI is InChI=1S/C15H16ClNO/c16-13-4-3-10-8-15(18)14(7-12(10)6-13)11-2-1-5-17-9-11/h3-4,6-8,11,17-18H,1-2,5,9H2. The topological polar surface area (TPSA) is 32.3 Å². The van der Waals surface area contributed by atoms with Gasteiger partial charge in [0.15, 0.2) is 0 Å². The third kappa shape index (κ3) is 2.18. The van der Waals surface area contributed by atoms with Crippen LogP contribution in [0.25, 0.3) is 10.8 Å². The fourth-order valence-corrected chi connectivity index (χ4v) is 2.90. The van der Waals surface area contributed by atoms with Gasteiger partial charge in [0.25, 0.3) is 0 Å². The van der Waals surface area contributed by atoms with Gasteiger partial charge in [0.2, 0.25) is 0 Å². The summed E-state index contributed by atoms with van der Waals surface area (Å²) in [6.07, 6.45) is 2.30. The predicted molar refractivity (Wildman–Crippen MR) is 75.5 cm³/mol. The number of phenols is 1. The SMILES string of the molecule is Oc1cc2ccc(Cl)cc2cc1C1CCCNC1. The number of hydrogen-bond donors (Lipinski definition) is 2. The lowest BCUT2D eigenvalue weighted by molar-refractivity contribution is 0.426. The van der Waals surface area contributed by atoms with Crippen LogP contribution in [-0.2, 0) is 0 Å². The maximum atomic E-state index is 10.2. The molecule has 2 aromatic rings. The molecule has 3 rings (SSSR count). The molecule has 0 saturated carbocycles. The summed E-state index contributed by atoms with van der Waals surface area (Å²) >= 11 is 6.02. The number of hydrogen-bond acceptors (Lipinski definition) is 2. The summed E-state index contributed by atoms with van der Waals surface area (Å²) in [6, 6.07) is 9.67. The van der Waals surface area contributed by atoms with Crippen molar-refractivity contribution in [2.24, 2.45) is 0 Å². The van der Waals surface area contributed by atoms with E-state index in [0.29, 0.717) is 11.7 Å². The molecule has 1 atom stereocenters. The molecule has 1 fully saturated rings. The van der Waals surface area contributed by atoms with Crippen molar-refractivity contribution in [2.45, 2.75) is 18.8 Å². The first-order valence-corrected chi connectivity index (χ1v) is 6.75. The first kappa shape index (κ1) is 11.8. The first-order chi connectivity index (χ1) is 8.74. The van der Waals surface area contributed by atoms with Crippen LogP contribution in [0.3, 0.4) is 0 Å². The Balaban J connectivity index is 2.07. The number of rotatable bonds is 1. The average Bonchev–Trinajstić information content (AvgIpc) is 2.39. The monoisotopic (exact) mass is 261 g/mol. The van der Waals surface area contributed by atoms with Gasteiger partial charge in [-0.2, -0.15) is 0 Å². The van der Waals surface area contributed by atoms with Crippen LogP contribution >= 0.6 is 11.6 Å². The highest BCUT2D eigenvalue weighted by molar-refractivity contribution is 6.31. The second kappa shape index (κ2) is 4.79. The molecule has 2 N–H and O–H groups in total. The molecule has 3 heteroatoms. The number of fused-ring (bicyclic) bond motifs is 1. The van der Waals surface area contributed by atoms with E-state index in [1.807, 2.05) is 24.3 Å². The zero-order valence-electron chi connectivity index (χ0n) is 10.1. The van der Waals surface area contributed by atoms with Crippen LogP contribution in [0.4, 0.5) is 0 Å². The fourth-order valence-electron chi connectivity index (χ4n) is 2.72. The highest BCUT2D eigenvalue weighted by atomic mass is 35.5. The molecular formula is C15H16ClNO. The van der Waals surface area contributed by atoms with Crippen molar-refractivity contribution in [3.8, 4) is 5.75 Å². The number of piperidine rings is 1. The molecule has 0 aliphatic carbocycles. The van der Waals surface area contributed by atoms with E-state index in [4.69, 9.17) is 11.6 Å². The minimum absolute atomic E-state index is 0.401. The summed E-state index contributed by atoms with van der Waals surface area (Å²) in [5, 5.41) is 16.4. The second-order valence-corrected chi connectivity index (χ2v) is 5.38. The Morgan fingerprint density at radius 3 is 2.83 bits per heavy atom. The molecule has 1 aliphatic rings. The lowest BCUT2D eigenvalue weighted by Gasteiger charge is -2.24. The molecule has 0 radical (unpaired) electrons. The van der Waals surface area contributed by atoms with Gasteiger partial charge in [0.05, 0.1) is 0 Å². The van der Waals surface area contributed by atoms with Gasteiger partial charge in [0.1, 0.15) is 5.75 Å². The first-order valence-electron chi connectivity index (χ1n) is 6.37. The third-order valence-corrected chi connectivity index (χ3v) is 3.92. The van der Waals surface area contributed by atoms with E-state index in [0.717, 1.165) is 47.3 Å². The smallest absolute Gasteiger partial charge is 0.119 e. The van der Waals surface area contributed by atoms with Gasteiger partial charge in [-0.25, -0.2) is 0 Å². The van der Waals surface area contributed by atoms with Gasteiger partial charge >= 0.3 is 0 Å². The molecule has 0 amide bonds. The molecule has 94 valence electrons. The van der Waals surface area contributed by atoms with E-state index in [-0.39, 0.29) is 0 Å². The second-order valence-electron chi connectivity index (χ2n) is 4.95. The van der Waals surface area contributed by atoms with E-state index >= 15 is 0 Å². The molecule has 0 spiro atoms. The van der Waals surface area contributed by atoms with Crippen molar-refractivity contribution in [2.75, 3.05) is 13.1 Å². The predicted octanol–water partition coefficient (Wildman–Crippen LogP) is 3.67. The average molecular weight is 262 g/mol. The maximum Gasteiger partial charge on any atom is 0.119 e. The van der Waals surface area contributed by atoms with Crippen molar-refractivity contribution >= 4 is 22.4 Å². The molecular weight excluding hydrogens is 246 g/mol. The number of benzene rings is 2. The van der Waals surface area contributed by atoms with Crippen LogP contribution in [0, 0.1) is 0 Å². The van der Waals surface area contributed by atoms with Crippen molar-refractivity contribution < 1.29 is 5.11 Å². The van der Waals surface area contributed by atoms with Gasteiger partial charge in [-0.3, -0.25) is 0 Å². The van der Waals surface area contributed by atoms with Gasteiger partial charge in [-0.15, -0.1) is 0 Å². The summed E-state index contributed by atoms with van der Waals surface area (Å²) in [4.78, 5) is 0.